The summed E-state index contributed by atoms with van der Waals surface area (Å²) in [4.78, 5) is 5.76. The van der Waals surface area contributed by atoms with Gasteiger partial charge in [-0.15, -0.1) is 0 Å². The van der Waals surface area contributed by atoms with Crippen LogP contribution in [0.4, 0.5) is 20.4 Å². The van der Waals surface area contributed by atoms with Crippen LogP contribution in [0.3, 0.4) is 0 Å². The van der Waals surface area contributed by atoms with Crippen LogP contribution < -0.4 is 16.2 Å². The molecule has 0 saturated carbocycles. The van der Waals surface area contributed by atoms with E-state index < -0.39 is 11.6 Å². The van der Waals surface area contributed by atoms with Crippen LogP contribution in [-0.4, -0.2) is 18.1 Å². The maximum absolute atomic E-state index is 13.7. The van der Waals surface area contributed by atoms with Crippen molar-refractivity contribution in [3.05, 3.63) is 17.7 Å². The number of nitrogen functional groups attached to an aromatic ring is 1. The molecule has 1 aromatic rings. The van der Waals surface area contributed by atoms with E-state index in [4.69, 9.17) is 5.84 Å². The third-order valence-corrected chi connectivity index (χ3v) is 3.33. The van der Waals surface area contributed by atoms with Gasteiger partial charge in [-0.2, -0.15) is 0 Å². The summed E-state index contributed by atoms with van der Waals surface area (Å²) in [6, 6.07) is 0.824. The van der Waals surface area contributed by atoms with Gasteiger partial charge in [0.15, 0.2) is 23.3 Å². The molecule has 1 aliphatic rings. The molecule has 1 unspecified atom stereocenters. The third-order valence-electron chi connectivity index (χ3n) is 3.33. The molecular formula is C12H18F2N4. The average molecular weight is 256 g/mol. The first-order chi connectivity index (χ1) is 8.65. The molecule has 6 heteroatoms. The van der Waals surface area contributed by atoms with Crippen LogP contribution in [0.2, 0.25) is 0 Å². The van der Waals surface area contributed by atoms with Gasteiger partial charge in [-0.05, 0) is 18.8 Å². The molecule has 100 valence electrons. The predicted octanol–water partition coefficient (Wildman–Crippen LogP) is 2.27. The van der Waals surface area contributed by atoms with Gasteiger partial charge in [0.2, 0.25) is 0 Å². The summed E-state index contributed by atoms with van der Waals surface area (Å²) in [6.45, 7) is 3.66. The highest BCUT2D eigenvalue weighted by molar-refractivity contribution is 5.49. The number of pyridine rings is 1. The summed E-state index contributed by atoms with van der Waals surface area (Å²) in [6.07, 6.45) is 3.27. The van der Waals surface area contributed by atoms with Crippen molar-refractivity contribution in [1.29, 1.82) is 0 Å². The van der Waals surface area contributed by atoms with Gasteiger partial charge in [0.25, 0.3) is 0 Å². The zero-order chi connectivity index (χ0) is 13.1. The second-order valence-corrected chi connectivity index (χ2v) is 4.66. The van der Waals surface area contributed by atoms with E-state index in [0.717, 1.165) is 38.4 Å². The van der Waals surface area contributed by atoms with E-state index in [1.54, 1.807) is 0 Å². The Hall–Kier alpha value is -1.43. The third kappa shape index (κ3) is 2.53. The van der Waals surface area contributed by atoms with E-state index in [2.05, 4.69) is 17.3 Å². The summed E-state index contributed by atoms with van der Waals surface area (Å²) in [5, 5.41) is 0. The maximum Gasteiger partial charge on any atom is 0.178 e. The fourth-order valence-corrected chi connectivity index (χ4v) is 2.45. The van der Waals surface area contributed by atoms with Crippen LogP contribution >= 0.6 is 0 Å². The second-order valence-electron chi connectivity index (χ2n) is 4.66. The minimum atomic E-state index is -0.775. The first kappa shape index (κ1) is 13.0. The minimum absolute atomic E-state index is 0.120. The van der Waals surface area contributed by atoms with Crippen LogP contribution in [-0.2, 0) is 0 Å². The number of halogens is 2. The molecule has 1 saturated heterocycles. The molecule has 0 amide bonds. The number of hydrogen-bond donors (Lipinski definition) is 2. The Morgan fingerprint density at radius 2 is 2.28 bits per heavy atom. The Bertz CT molecular complexity index is 425. The second kappa shape index (κ2) is 5.48. The Kier molecular flexibility index (Phi) is 3.96. The summed E-state index contributed by atoms with van der Waals surface area (Å²) in [5.74, 6) is 4.37. The number of anilines is 2. The van der Waals surface area contributed by atoms with E-state index in [9.17, 15) is 8.78 Å². The van der Waals surface area contributed by atoms with E-state index in [1.165, 1.54) is 0 Å². The van der Waals surface area contributed by atoms with Crippen molar-refractivity contribution in [3.8, 4) is 0 Å². The molecule has 1 aromatic heterocycles. The smallest absolute Gasteiger partial charge is 0.178 e. The van der Waals surface area contributed by atoms with Crippen molar-refractivity contribution in [2.75, 3.05) is 23.4 Å². The fraction of sp³-hybridized carbons (Fsp3) is 0.583. The number of nitrogens with one attached hydrogen (secondary N) is 1. The molecule has 2 heterocycles. The Balaban J connectivity index is 2.18. The molecule has 18 heavy (non-hydrogen) atoms. The molecule has 3 N–H and O–H groups in total. The topological polar surface area (TPSA) is 54.2 Å². The highest BCUT2D eigenvalue weighted by Gasteiger charge is 2.25. The van der Waals surface area contributed by atoms with Gasteiger partial charge in [-0.1, -0.05) is 13.3 Å². The lowest BCUT2D eigenvalue weighted by Gasteiger charge is -2.19. The van der Waals surface area contributed by atoms with E-state index in [0.29, 0.717) is 5.92 Å². The largest absolute Gasteiger partial charge is 0.354 e. The normalized spacial score (nSPS) is 19.3. The first-order valence-electron chi connectivity index (χ1n) is 6.23. The maximum atomic E-state index is 13.7. The van der Waals surface area contributed by atoms with E-state index in [1.807, 2.05) is 4.90 Å². The molecule has 4 nitrogen and oxygen atoms in total. The summed E-state index contributed by atoms with van der Waals surface area (Å²) < 4.78 is 27.0. The molecule has 1 fully saturated rings. The van der Waals surface area contributed by atoms with Gasteiger partial charge in [0, 0.05) is 19.2 Å². The van der Waals surface area contributed by atoms with Gasteiger partial charge in [0.05, 0.1) is 0 Å². The first-order valence-corrected chi connectivity index (χ1v) is 6.23. The van der Waals surface area contributed by atoms with Crippen molar-refractivity contribution in [2.24, 2.45) is 11.8 Å². The van der Waals surface area contributed by atoms with Crippen molar-refractivity contribution >= 4 is 11.6 Å². The zero-order valence-electron chi connectivity index (χ0n) is 10.4. The Morgan fingerprint density at radius 1 is 1.50 bits per heavy atom. The molecule has 1 aliphatic heterocycles. The zero-order valence-corrected chi connectivity index (χ0v) is 10.4. The average Bonchev–Trinajstić information content (AvgIpc) is 2.78. The molecule has 0 bridgehead atoms. The fourth-order valence-electron chi connectivity index (χ4n) is 2.45. The van der Waals surface area contributed by atoms with Crippen LogP contribution in [0.25, 0.3) is 0 Å². The highest BCUT2D eigenvalue weighted by atomic mass is 19.1. The summed E-state index contributed by atoms with van der Waals surface area (Å²) >= 11 is 0. The SMILES string of the molecule is CCCC1CCN(c2nc(NN)c(F)cc2F)C1. The monoisotopic (exact) mass is 256 g/mol. The lowest BCUT2D eigenvalue weighted by molar-refractivity contribution is 0.527. The molecule has 0 spiro atoms. The van der Waals surface area contributed by atoms with Crippen molar-refractivity contribution in [1.82, 2.24) is 4.98 Å². The van der Waals surface area contributed by atoms with E-state index in [-0.39, 0.29) is 11.6 Å². The number of hydrogen-bond acceptors (Lipinski definition) is 4. The minimum Gasteiger partial charge on any atom is -0.354 e. The number of hydrazine groups is 1. The quantitative estimate of drug-likeness (QED) is 0.641. The van der Waals surface area contributed by atoms with Crippen LogP contribution in [0, 0.1) is 17.6 Å². The Labute approximate surface area is 105 Å². The highest BCUT2D eigenvalue weighted by Crippen LogP contribution is 2.28. The van der Waals surface area contributed by atoms with E-state index >= 15 is 0 Å². The summed E-state index contributed by atoms with van der Waals surface area (Å²) in [7, 11) is 0. The van der Waals surface area contributed by atoms with Crippen LogP contribution in [0.15, 0.2) is 6.07 Å². The number of nitrogens with two attached hydrogens (primary N) is 1. The number of rotatable bonds is 4. The van der Waals surface area contributed by atoms with Gasteiger partial charge in [-0.25, -0.2) is 19.6 Å². The van der Waals surface area contributed by atoms with Crippen molar-refractivity contribution < 1.29 is 8.78 Å². The van der Waals surface area contributed by atoms with Crippen molar-refractivity contribution in [3.63, 3.8) is 0 Å². The summed E-state index contributed by atoms with van der Waals surface area (Å²) in [5.41, 5.74) is 2.14. The molecule has 0 radical (unpaired) electrons. The lowest BCUT2D eigenvalue weighted by Crippen LogP contribution is -2.23. The predicted molar refractivity (Wildman–Crippen MR) is 67.2 cm³/mol. The number of nitrogens with zero attached hydrogens (tertiary/aromatic N) is 2. The van der Waals surface area contributed by atoms with Gasteiger partial charge in [0.1, 0.15) is 0 Å². The molecule has 1 atom stereocenters. The molecular weight excluding hydrogens is 238 g/mol. The van der Waals surface area contributed by atoms with Crippen LogP contribution in [0.5, 0.6) is 0 Å². The lowest BCUT2D eigenvalue weighted by atomic mass is 10.0. The number of aromatic nitrogens is 1. The van der Waals surface area contributed by atoms with Gasteiger partial charge in [-0.3, -0.25) is 0 Å². The Morgan fingerprint density at radius 3 is 2.94 bits per heavy atom. The van der Waals surface area contributed by atoms with Crippen LogP contribution in [0.1, 0.15) is 26.2 Å². The van der Waals surface area contributed by atoms with Gasteiger partial charge >= 0.3 is 0 Å². The standard InChI is InChI=1S/C12H18F2N4/c1-2-3-8-4-5-18(7-8)12-10(14)6-9(13)11(16-12)17-15/h6,8H,2-5,7,15H2,1H3,(H,16,17). The molecule has 0 aliphatic carbocycles. The molecule has 2 rings (SSSR count). The molecule has 0 aromatic carbocycles. The van der Waals surface area contributed by atoms with Crippen molar-refractivity contribution in [2.45, 2.75) is 26.2 Å². The van der Waals surface area contributed by atoms with Gasteiger partial charge < -0.3 is 10.3 Å².